The van der Waals surface area contributed by atoms with Crippen molar-refractivity contribution in [3.8, 4) is 0 Å². The minimum atomic E-state index is -1.09. The summed E-state index contributed by atoms with van der Waals surface area (Å²) in [7, 11) is 0. The van der Waals surface area contributed by atoms with Gasteiger partial charge in [0.25, 0.3) is 0 Å². The zero-order valence-electron chi connectivity index (χ0n) is 15.9. The predicted octanol–water partition coefficient (Wildman–Crippen LogP) is 2.65. The van der Waals surface area contributed by atoms with E-state index in [0.717, 1.165) is 5.56 Å². The monoisotopic (exact) mass is 396 g/mol. The van der Waals surface area contributed by atoms with Crippen LogP contribution in [0.1, 0.15) is 32.3 Å². The lowest BCUT2D eigenvalue weighted by atomic mass is 9.98. The van der Waals surface area contributed by atoms with Crippen LogP contribution in [0.25, 0.3) is 0 Å². The molecule has 0 bridgehead atoms. The molecule has 1 aromatic rings. The van der Waals surface area contributed by atoms with Crippen LogP contribution in [0.4, 0.5) is 4.79 Å². The van der Waals surface area contributed by atoms with E-state index >= 15 is 0 Å². The SMILES string of the molecule is CC[C@@H](C)[C@@H](NC(=O)OCc1ccccc1)C(=O)N[C@H](CCSC)C(=O)O. The van der Waals surface area contributed by atoms with Crippen LogP contribution < -0.4 is 10.6 Å². The summed E-state index contributed by atoms with van der Waals surface area (Å²) in [6.45, 7) is 3.80. The van der Waals surface area contributed by atoms with Crippen LogP contribution in [0.3, 0.4) is 0 Å². The molecule has 0 fully saturated rings. The van der Waals surface area contributed by atoms with E-state index in [1.165, 1.54) is 11.8 Å². The molecule has 1 rings (SSSR count). The number of ether oxygens (including phenoxy) is 1. The van der Waals surface area contributed by atoms with E-state index in [9.17, 15) is 19.5 Å². The fraction of sp³-hybridized carbons (Fsp3) is 0.526. The topological polar surface area (TPSA) is 105 Å². The number of thioether (sulfide) groups is 1. The summed E-state index contributed by atoms with van der Waals surface area (Å²) in [6, 6.07) is 7.35. The van der Waals surface area contributed by atoms with Gasteiger partial charge in [-0.25, -0.2) is 9.59 Å². The Labute approximate surface area is 164 Å². The molecule has 0 aliphatic rings. The van der Waals surface area contributed by atoms with Gasteiger partial charge in [0, 0.05) is 0 Å². The second kappa shape index (κ2) is 12.2. The van der Waals surface area contributed by atoms with Gasteiger partial charge in [-0.3, -0.25) is 4.79 Å². The number of carboxylic acid groups (broad SMARTS) is 1. The molecule has 0 aliphatic carbocycles. The number of nitrogens with one attached hydrogen (secondary N) is 2. The first-order valence-electron chi connectivity index (χ1n) is 8.88. The lowest BCUT2D eigenvalue weighted by Gasteiger charge is -2.25. The van der Waals surface area contributed by atoms with Crippen molar-refractivity contribution in [2.75, 3.05) is 12.0 Å². The Balaban J connectivity index is 2.68. The summed E-state index contributed by atoms with van der Waals surface area (Å²) in [4.78, 5) is 36.0. The molecule has 0 aliphatic heterocycles. The van der Waals surface area contributed by atoms with Crippen LogP contribution in [0.15, 0.2) is 30.3 Å². The largest absolute Gasteiger partial charge is 0.480 e. The van der Waals surface area contributed by atoms with Gasteiger partial charge in [0.05, 0.1) is 0 Å². The smallest absolute Gasteiger partial charge is 0.408 e. The zero-order chi connectivity index (χ0) is 20.2. The number of carbonyl (C=O) groups is 3. The maximum absolute atomic E-state index is 12.6. The van der Waals surface area contributed by atoms with Crippen molar-refractivity contribution < 1.29 is 24.2 Å². The van der Waals surface area contributed by atoms with Gasteiger partial charge < -0.3 is 20.5 Å². The number of rotatable bonds is 11. The van der Waals surface area contributed by atoms with Crippen LogP contribution in [0.5, 0.6) is 0 Å². The van der Waals surface area contributed by atoms with Crippen LogP contribution in [0, 0.1) is 5.92 Å². The van der Waals surface area contributed by atoms with E-state index in [0.29, 0.717) is 18.6 Å². The summed E-state index contributed by atoms with van der Waals surface area (Å²) in [5.74, 6) is -1.18. The first kappa shape index (κ1) is 22.8. The second-order valence-corrected chi connectivity index (χ2v) is 7.24. The Morgan fingerprint density at radius 3 is 2.41 bits per heavy atom. The van der Waals surface area contributed by atoms with Gasteiger partial charge in [0.1, 0.15) is 18.7 Å². The molecule has 0 heterocycles. The summed E-state index contributed by atoms with van der Waals surface area (Å²) in [5, 5.41) is 14.4. The number of carbonyl (C=O) groups excluding carboxylic acids is 2. The predicted molar refractivity (Wildman–Crippen MR) is 106 cm³/mol. The Morgan fingerprint density at radius 2 is 1.85 bits per heavy atom. The van der Waals surface area contributed by atoms with Crippen molar-refractivity contribution in [2.24, 2.45) is 5.92 Å². The Bertz CT molecular complexity index is 611. The number of hydrogen-bond acceptors (Lipinski definition) is 5. The van der Waals surface area contributed by atoms with Gasteiger partial charge in [0.15, 0.2) is 0 Å². The number of amides is 2. The third-order valence-electron chi connectivity index (χ3n) is 4.21. The zero-order valence-corrected chi connectivity index (χ0v) is 16.8. The summed E-state index contributed by atoms with van der Waals surface area (Å²) < 4.78 is 5.17. The molecule has 7 nitrogen and oxygen atoms in total. The van der Waals surface area contributed by atoms with Gasteiger partial charge in [-0.05, 0) is 29.9 Å². The van der Waals surface area contributed by atoms with Crippen molar-refractivity contribution in [1.29, 1.82) is 0 Å². The Hall–Kier alpha value is -2.22. The molecule has 27 heavy (non-hydrogen) atoms. The average Bonchev–Trinajstić information content (AvgIpc) is 2.67. The number of carboxylic acids is 1. The molecule has 0 saturated carbocycles. The minimum Gasteiger partial charge on any atom is -0.480 e. The van der Waals surface area contributed by atoms with Gasteiger partial charge in [-0.15, -0.1) is 0 Å². The normalized spacial score (nSPS) is 13.9. The highest BCUT2D eigenvalue weighted by atomic mass is 32.2. The summed E-state index contributed by atoms with van der Waals surface area (Å²) in [5.41, 5.74) is 0.834. The molecule has 0 spiro atoms. The average molecular weight is 397 g/mol. The quantitative estimate of drug-likeness (QED) is 0.531. The fourth-order valence-electron chi connectivity index (χ4n) is 2.35. The summed E-state index contributed by atoms with van der Waals surface area (Å²) in [6.07, 6.45) is 2.11. The van der Waals surface area contributed by atoms with Crippen LogP contribution in [-0.2, 0) is 20.9 Å². The molecule has 3 N–H and O–H groups in total. The lowest BCUT2D eigenvalue weighted by Crippen LogP contribution is -2.54. The summed E-state index contributed by atoms with van der Waals surface area (Å²) >= 11 is 1.50. The molecule has 150 valence electrons. The molecule has 0 unspecified atom stereocenters. The Morgan fingerprint density at radius 1 is 1.19 bits per heavy atom. The third-order valence-corrected chi connectivity index (χ3v) is 4.85. The van der Waals surface area contributed by atoms with Crippen molar-refractivity contribution in [3.05, 3.63) is 35.9 Å². The van der Waals surface area contributed by atoms with E-state index in [1.54, 1.807) is 0 Å². The standard InChI is InChI=1S/C19H28N2O5S/c1-4-13(2)16(17(22)20-15(18(23)24)10-11-27-3)21-19(25)26-12-14-8-6-5-7-9-14/h5-9,13,15-16H,4,10-12H2,1-3H3,(H,20,22)(H,21,25)(H,23,24)/t13-,15-,16-/m1/s1. The molecular formula is C19H28N2O5S. The highest BCUT2D eigenvalue weighted by Crippen LogP contribution is 2.10. The van der Waals surface area contributed by atoms with Gasteiger partial charge in [-0.1, -0.05) is 50.6 Å². The lowest BCUT2D eigenvalue weighted by molar-refractivity contribution is -0.142. The van der Waals surface area contributed by atoms with Crippen molar-refractivity contribution in [3.63, 3.8) is 0 Å². The minimum absolute atomic E-state index is 0.0903. The van der Waals surface area contributed by atoms with E-state index in [1.807, 2.05) is 50.4 Å². The Kier molecular flexibility index (Phi) is 10.3. The maximum Gasteiger partial charge on any atom is 0.408 e. The van der Waals surface area contributed by atoms with Gasteiger partial charge in [0.2, 0.25) is 5.91 Å². The highest BCUT2D eigenvalue weighted by Gasteiger charge is 2.30. The first-order valence-corrected chi connectivity index (χ1v) is 10.3. The fourth-order valence-corrected chi connectivity index (χ4v) is 2.82. The van der Waals surface area contributed by atoms with E-state index in [4.69, 9.17) is 4.74 Å². The van der Waals surface area contributed by atoms with Gasteiger partial charge in [-0.2, -0.15) is 11.8 Å². The van der Waals surface area contributed by atoms with E-state index < -0.39 is 30.1 Å². The molecule has 3 atom stereocenters. The second-order valence-electron chi connectivity index (χ2n) is 6.25. The van der Waals surface area contributed by atoms with Crippen LogP contribution in [-0.4, -0.2) is 47.2 Å². The number of aliphatic carboxylic acids is 1. The van der Waals surface area contributed by atoms with Crippen molar-refractivity contribution in [2.45, 2.75) is 45.4 Å². The molecule has 8 heteroatoms. The van der Waals surface area contributed by atoms with Gasteiger partial charge >= 0.3 is 12.1 Å². The van der Waals surface area contributed by atoms with Crippen molar-refractivity contribution >= 4 is 29.7 Å². The molecular weight excluding hydrogens is 368 g/mol. The highest BCUT2D eigenvalue weighted by molar-refractivity contribution is 7.98. The maximum atomic E-state index is 12.6. The van der Waals surface area contributed by atoms with E-state index in [2.05, 4.69) is 10.6 Å². The molecule has 0 saturated heterocycles. The third kappa shape index (κ3) is 8.34. The number of benzene rings is 1. The molecule has 0 aromatic heterocycles. The molecule has 2 amide bonds. The number of alkyl carbamates (subject to hydrolysis) is 1. The number of hydrogen-bond donors (Lipinski definition) is 3. The first-order chi connectivity index (χ1) is 12.9. The van der Waals surface area contributed by atoms with Crippen LogP contribution >= 0.6 is 11.8 Å². The molecule has 1 aromatic carbocycles. The van der Waals surface area contributed by atoms with Crippen LogP contribution in [0.2, 0.25) is 0 Å². The van der Waals surface area contributed by atoms with E-state index in [-0.39, 0.29) is 12.5 Å². The van der Waals surface area contributed by atoms with Crippen molar-refractivity contribution in [1.82, 2.24) is 10.6 Å². The molecule has 0 radical (unpaired) electrons.